The Labute approximate surface area is 273 Å². The molecular weight excluding hydrogens is 626 g/mol. The van der Waals surface area contributed by atoms with E-state index in [9.17, 15) is 19.2 Å². The monoisotopic (exact) mass is 659 g/mol. The van der Waals surface area contributed by atoms with Crippen molar-refractivity contribution in [3.63, 3.8) is 0 Å². The number of likely N-dealkylation sites (tertiary alicyclic amines) is 1. The highest BCUT2D eigenvalue weighted by Gasteiger charge is 2.38. The number of amides is 4. The van der Waals surface area contributed by atoms with Gasteiger partial charge >= 0.3 is 0 Å². The number of hydrogen-bond acceptors (Lipinski definition) is 11. The summed E-state index contributed by atoms with van der Waals surface area (Å²) in [6, 6.07) is 11.1. The lowest BCUT2D eigenvalue weighted by Gasteiger charge is -2.21. The number of benzene rings is 2. The first kappa shape index (κ1) is 31.6. The number of thiazole rings is 1. The average molecular weight is 660 g/mol. The lowest BCUT2D eigenvalue weighted by molar-refractivity contribution is -0.130. The van der Waals surface area contributed by atoms with E-state index in [0.29, 0.717) is 31.1 Å². The van der Waals surface area contributed by atoms with Gasteiger partial charge in [0.2, 0.25) is 5.91 Å². The predicted molar refractivity (Wildman–Crippen MR) is 168 cm³/mol. The van der Waals surface area contributed by atoms with Gasteiger partial charge in [-0.1, -0.05) is 12.1 Å². The third kappa shape index (κ3) is 8.07. The first-order valence-corrected chi connectivity index (χ1v) is 16.0. The Morgan fingerprint density at radius 1 is 1.11 bits per heavy atom. The zero-order valence-corrected chi connectivity index (χ0v) is 26.4. The number of fused-ring (bicyclic) bond motifs is 7. The van der Waals surface area contributed by atoms with Crippen molar-refractivity contribution in [2.75, 3.05) is 26.2 Å². The fraction of sp³-hybridized carbons (Fsp3) is 0.355. The standard InChI is InChI=1S/C31H33N9O6S/c1-19-36-37-38-40(19)10-7-29(42)39-16-25-26(17-39)46-23-4-2-20(3-5-23)15-34-27(41)18-45-24-13-21(12-22(14-24)31(44)35-25)30(43)33-8-6-28-32-9-11-47-28/h2-5,9,11-14,25-26H,6-8,10,15-18H2,1H3,(H,33,43)(H,34,41)(H,35,44)/t25-,26-/m0/s1. The van der Waals surface area contributed by atoms with Crippen molar-refractivity contribution in [1.29, 1.82) is 0 Å². The van der Waals surface area contributed by atoms with Crippen molar-refractivity contribution in [3.8, 4) is 11.5 Å². The van der Waals surface area contributed by atoms with Crippen LogP contribution in [0.15, 0.2) is 54.0 Å². The number of carbonyl (C=O) groups excluding carboxylic acids is 4. The molecule has 4 bridgehead atoms. The molecule has 2 atom stereocenters. The van der Waals surface area contributed by atoms with Crippen LogP contribution in [0.2, 0.25) is 0 Å². The maximum atomic E-state index is 13.7. The van der Waals surface area contributed by atoms with Gasteiger partial charge in [-0.05, 0) is 53.2 Å². The normalized spacial score (nSPS) is 17.9. The Morgan fingerprint density at radius 3 is 2.72 bits per heavy atom. The van der Waals surface area contributed by atoms with Gasteiger partial charge in [-0.3, -0.25) is 19.2 Å². The number of nitrogens with one attached hydrogen (secondary N) is 3. The number of nitrogens with zero attached hydrogens (tertiary/aromatic N) is 6. The summed E-state index contributed by atoms with van der Waals surface area (Å²) in [4.78, 5) is 58.5. The maximum absolute atomic E-state index is 13.7. The summed E-state index contributed by atoms with van der Waals surface area (Å²) in [5, 5.41) is 22.8. The summed E-state index contributed by atoms with van der Waals surface area (Å²) < 4.78 is 13.6. The molecule has 7 rings (SSSR count). The quantitative estimate of drug-likeness (QED) is 0.258. The molecule has 16 heteroatoms. The smallest absolute Gasteiger partial charge is 0.258 e. The fourth-order valence-electron chi connectivity index (χ4n) is 5.27. The summed E-state index contributed by atoms with van der Waals surface area (Å²) in [6.45, 7) is 2.82. The molecule has 0 aliphatic carbocycles. The van der Waals surface area contributed by atoms with Crippen LogP contribution in [-0.2, 0) is 29.1 Å². The molecule has 47 heavy (non-hydrogen) atoms. The van der Waals surface area contributed by atoms with Crippen molar-refractivity contribution in [1.82, 2.24) is 46.0 Å². The molecule has 3 N–H and O–H groups in total. The summed E-state index contributed by atoms with van der Waals surface area (Å²) in [7, 11) is 0. The Bertz CT molecular complexity index is 1740. The zero-order chi connectivity index (χ0) is 32.8. The first-order chi connectivity index (χ1) is 22.8. The number of carbonyl (C=O) groups is 4. The Morgan fingerprint density at radius 2 is 1.96 bits per heavy atom. The molecule has 2 aromatic carbocycles. The topological polar surface area (TPSA) is 183 Å². The van der Waals surface area contributed by atoms with E-state index in [1.54, 1.807) is 34.8 Å². The van der Waals surface area contributed by atoms with Crippen molar-refractivity contribution >= 4 is 35.0 Å². The number of tetrazole rings is 1. The minimum atomic E-state index is -0.569. The molecule has 4 aromatic rings. The SMILES string of the molecule is Cc1nnnn1CCC(=O)N1C[C@@H]2NC(=O)c3cc(cc(C(=O)NCCc4nccs4)c3)OCC(=O)NCc3ccc(cc3)O[C@H]2C1. The Kier molecular flexibility index (Phi) is 9.66. The molecule has 0 radical (unpaired) electrons. The number of ether oxygens (including phenoxy) is 2. The van der Waals surface area contributed by atoms with Crippen LogP contribution in [-0.4, -0.2) is 92.1 Å². The van der Waals surface area contributed by atoms with E-state index >= 15 is 0 Å². The Balaban J connectivity index is 1.22. The van der Waals surface area contributed by atoms with Crippen LogP contribution in [0.4, 0.5) is 0 Å². The van der Waals surface area contributed by atoms with E-state index in [-0.39, 0.29) is 61.4 Å². The number of rotatable bonds is 7. The van der Waals surface area contributed by atoms with Crippen LogP contribution in [0.5, 0.6) is 11.5 Å². The Hall–Kier alpha value is -5.38. The van der Waals surface area contributed by atoms with Crippen LogP contribution in [0, 0.1) is 6.92 Å². The lowest BCUT2D eigenvalue weighted by atomic mass is 10.1. The van der Waals surface area contributed by atoms with Gasteiger partial charge in [0.15, 0.2) is 6.61 Å². The number of aryl methyl sites for hydroxylation is 2. The molecule has 3 aliphatic heterocycles. The van der Waals surface area contributed by atoms with Crippen molar-refractivity contribution in [2.24, 2.45) is 0 Å². The maximum Gasteiger partial charge on any atom is 0.258 e. The minimum absolute atomic E-state index is 0.134. The van der Waals surface area contributed by atoms with Gasteiger partial charge in [0.25, 0.3) is 17.7 Å². The molecule has 4 amide bonds. The van der Waals surface area contributed by atoms with Gasteiger partial charge in [0, 0.05) is 55.2 Å². The molecule has 1 saturated heterocycles. The summed E-state index contributed by atoms with van der Waals surface area (Å²) in [5.41, 5.74) is 1.19. The van der Waals surface area contributed by atoms with Crippen LogP contribution in [0.25, 0.3) is 0 Å². The van der Waals surface area contributed by atoms with Gasteiger partial charge in [0.1, 0.15) is 23.4 Å². The third-order valence-corrected chi connectivity index (χ3v) is 8.63. The van der Waals surface area contributed by atoms with Gasteiger partial charge in [-0.25, -0.2) is 9.67 Å². The van der Waals surface area contributed by atoms with Crippen molar-refractivity contribution in [2.45, 2.75) is 45.0 Å². The van der Waals surface area contributed by atoms with Crippen LogP contribution in [0.1, 0.15) is 43.5 Å². The van der Waals surface area contributed by atoms with Crippen molar-refractivity contribution < 1.29 is 28.7 Å². The second-order valence-electron chi connectivity index (χ2n) is 11.1. The lowest BCUT2D eigenvalue weighted by Crippen LogP contribution is -2.45. The van der Waals surface area contributed by atoms with Gasteiger partial charge in [-0.2, -0.15) is 0 Å². The molecule has 1 fully saturated rings. The molecule has 2 aromatic heterocycles. The van der Waals surface area contributed by atoms with E-state index in [1.165, 1.54) is 29.5 Å². The highest BCUT2D eigenvalue weighted by molar-refractivity contribution is 7.09. The van der Waals surface area contributed by atoms with Crippen molar-refractivity contribution in [3.05, 3.63) is 81.6 Å². The van der Waals surface area contributed by atoms with Crippen LogP contribution < -0.4 is 25.4 Å². The molecule has 0 unspecified atom stereocenters. The van der Waals surface area contributed by atoms with E-state index in [4.69, 9.17) is 9.47 Å². The molecule has 244 valence electrons. The largest absolute Gasteiger partial charge is 0.486 e. The second kappa shape index (κ2) is 14.4. The second-order valence-corrected chi connectivity index (χ2v) is 12.1. The highest BCUT2D eigenvalue weighted by atomic mass is 32.1. The predicted octanol–water partition coefficient (Wildman–Crippen LogP) is 0.898. The van der Waals surface area contributed by atoms with Crippen LogP contribution >= 0.6 is 11.3 Å². The minimum Gasteiger partial charge on any atom is -0.486 e. The molecule has 0 spiro atoms. The number of hydrogen-bond donors (Lipinski definition) is 3. The van der Waals surface area contributed by atoms with E-state index in [1.807, 2.05) is 17.5 Å². The third-order valence-electron chi connectivity index (χ3n) is 7.79. The number of aromatic nitrogens is 5. The zero-order valence-electron chi connectivity index (χ0n) is 25.5. The van der Waals surface area contributed by atoms with E-state index in [0.717, 1.165) is 10.6 Å². The molecule has 15 nitrogen and oxygen atoms in total. The summed E-state index contributed by atoms with van der Waals surface area (Å²) in [5.74, 6) is -0.0661. The van der Waals surface area contributed by atoms with Gasteiger partial charge in [0.05, 0.1) is 24.1 Å². The molecule has 5 heterocycles. The molecular formula is C31H33N9O6S. The van der Waals surface area contributed by atoms with Gasteiger partial charge in [-0.15, -0.1) is 16.4 Å². The fourth-order valence-corrected chi connectivity index (χ4v) is 5.89. The summed E-state index contributed by atoms with van der Waals surface area (Å²) in [6.07, 6.45) is 1.87. The van der Waals surface area contributed by atoms with Crippen LogP contribution in [0.3, 0.4) is 0 Å². The van der Waals surface area contributed by atoms with E-state index < -0.39 is 24.0 Å². The highest BCUT2D eigenvalue weighted by Crippen LogP contribution is 2.23. The van der Waals surface area contributed by atoms with E-state index in [2.05, 4.69) is 36.5 Å². The molecule has 3 aliphatic rings. The van der Waals surface area contributed by atoms with Gasteiger partial charge < -0.3 is 30.3 Å². The summed E-state index contributed by atoms with van der Waals surface area (Å²) >= 11 is 1.50. The average Bonchev–Trinajstić information content (AvgIpc) is 3.84. The molecule has 0 saturated carbocycles. The first-order valence-electron chi connectivity index (χ1n) is 15.1.